The first kappa shape index (κ1) is 18.6. The molecule has 0 aliphatic heterocycles. The number of rotatable bonds is 8. The van der Waals surface area contributed by atoms with Gasteiger partial charge in [-0.25, -0.2) is 0 Å². The minimum Gasteiger partial charge on any atom is -0.493 e. The van der Waals surface area contributed by atoms with Gasteiger partial charge in [0.25, 0.3) is 5.91 Å². The lowest BCUT2D eigenvalue weighted by Crippen LogP contribution is -2.45. The lowest BCUT2D eigenvalue weighted by Gasteiger charge is -2.16. The fourth-order valence-electron chi connectivity index (χ4n) is 1.96. The fourth-order valence-corrected chi connectivity index (χ4v) is 1.96. The zero-order valence-electron chi connectivity index (χ0n) is 14.2. The highest BCUT2D eigenvalue weighted by Gasteiger charge is 2.20. The van der Waals surface area contributed by atoms with Crippen molar-refractivity contribution in [3.8, 4) is 17.2 Å². The van der Waals surface area contributed by atoms with Gasteiger partial charge in [-0.3, -0.25) is 9.59 Å². The third-order valence-corrected chi connectivity index (χ3v) is 3.22. The van der Waals surface area contributed by atoms with Gasteiger partial charge in [-0.15, -0.1) is 0 Å². The predicted octanol–water partition coefficient (Wildman–Crippen LogP) is 1.36. The van der Waals surface area contributed by atoms with E-state index in [1.54, 1.807) is 6.92 Å². The average Bonchev–Trinajstić information content (AvgIpc) is 2.57. The van der Waals surface area contributed by atoms with Crippen molar-refractivity contribution in [1.82, 2.24) is 10.6 Å². The molecule has 128 valence electrons. The van der Waals surface area contributed by atoms with Gasteiger partial charge in [-0.2, -0.15) is 0 Å². The summed E-state index contributed by atoms with van der Waals surface area (Å²) >= 11 is 0. The van der Waals surface area contributed by atoms with Crippen molar-refractivity contribution >= 4 is 11.8 Å². The number of methoxy groups -OCH3 is 3. The minimum atomic E-state index is -0.645. The van der Waals surface area contributed by atoms with Crippen LogP contribution in [0.4, 0.5) is 0 Å². The number of benzene rings is 1. The van der Waals surface area contributed by atoms with E-state index in [1.165, 1.54) is 33.5 Å². The van der Waals surface area contributed by atoms with Crippen LogP contribution in [0.25, 0.3) is 0 Å². The molecule has 7 heteroatoms. The van der Waals surface area contributed by atoms with E-state index in [-0.39, 0.29) is 5.91 Å². The minimum absolute atomic E-state index is 0.229. The molecule has 1 aromatic rings. The summed E-state index contributed by atoms with van der Waals surface area (Å²) in [6, 6.07) is 2.42. The van der Waals surface area contributed by atoms with E-state index in [4.69, 9.17) is 14.2 Å². The van der Waals surface area contributed by atoms with Crippen molar-refractivity contribution in [2.45, 2.75) is 26.3 Å². The third-order valence-electron chi connectivity index (χ3n) is 3.22. The molecule has 23 heavy (non-hydrogen) atoms. The summed E-state index contributed by atoms with van der Waals surface area (Å²) in [6.07, 6.45) is 0.833. The van der Waals surface area contributed by atoms with E-state index >= 15 is 0 Å². The summed E-state index contributed by atoms with van der Waals surface area (Å²) in [7, 11) is 4.43. The van der Waals surface area contributed by atoms with Crippen LogP contribution in [0.3, 0.4) is 0 Å². The highest BCUT2D eigenvalue weighted by Crippen LogP contribution is 2.38. The van der Waals surface area contributed by atoms with Crippen LogP contribution in [0.1, 0.15) is 30.6 Å². The molecule has 1 rings (SSSR count). The highest BCUT2D eigenvalue weighted by atomic mass is 16.5. The average molecular weight is 324 g/mol. The van der Waals surface area contributed by atoms with E-state index in [9.17, 15) is 9.59 Å². The molecule has 0 aliphatic carbocycles. The van der Waals surface area contributed by atoms with Crippen molar-refractivity contribution < 1.29 is 23.8 Å². The normalized spacial score (nSPS) is 11.3. The summed E-state index contributed by atoms with van der Waals surface area (Å²) in [5.41, 5.74) is 0.314. The van der Waals surface area contributed by atoms with Crippen molar-refractivity contribution in [3.63, 3.8) is 0 Å². The monoisotopic (exact) mass is 324 g/mol. The molecule has 0 aliphatic rings. The number of ether oxygens (including phenoxy) is 3. The van der Waals surface area contributed by atoms with E-state index in [0.717, 1.165) is 6.42 Å². The van der Waals surface area contributed by atoms with E-state index in [1.807, 2.05) is 6.92 Å². The van der Waals surface area contributed by atoms with Crippen LogP contribution in [0.2, 0.25) is 0 Å². The largest absolute Gasteiger partial charge is 0.493 e. The molecule has 0 spiro atoms. The maximum absolute atomic E-state index is 12.3. The summed E-state index contributed by atoms with van der Waals surface area (Å²) < 4.78 is 15.6. The molecule has 1 atom stereocenters. The molecule has 2 N–H and O–H groups in total. The standard InChI is InChI=1S/C16H24N2O5/c1-6-7-17-15(19)10(2)18-16(20)11-8-12(21-3)14(23-5)13(9-11)22-4/h8-10H,6-7H2,1-5H3,(H,17,19)(H,18,20)/t10-/m1/s1. The number of hydrogen-bond acceptors (Lipinski definition) is 5. The number of hydrogen-bond donors (Lipinski definition) is 2. The van der Waals surface area contributed by atoms with Gasteiger partial charge in [-0.05, 0) is 25.5 Å². The number of nitrogens with one attached hydrogen (secondary N) is 2. The summed E-state index contributed by atoms with van der Waals surface area (Å²) in [4.78, 5) is 24.1. The molecular weight excluding hydrogens is 300 g/mol. The van der Waals surface area contributed by atoms with Crippen molar-refractivity contribution in [2.24, 2.45) is 0 Å². The molecule has 2 amide bonds. The quantitative estimate of drug-likeness (QED) is 0.754. The maximum atomic E-state index is 12.3. The smallest absolute Gasteiger partial charge is 0.252 e. The third kappa shape index (κ3) is 4.77. The predicted molar refractivity (Wildman–Crippen MR) is 86.3 cm³/mol. The van der Waals surface area contributed by atoms with E-state index in [2.05, 4.69) is 10.6 Å². The second kappa shape index (κ2) is 8.87. The van der Waals surface area contributed by atoms with Gasteiger partial charge >= 0.3 is 0 Å². The first-order valence-corrected chi connectivity index (χ1v) is 7.37. The molecule has 0 saturated carbocycles. The summed E-state index contributed by atoms with van der Waals surface area (Å²) in [5, 5.41) is 5.37. The molecule has 0 unspecified atom stereocenters. The first-order chi connectivity index (χ1) is 11.0. The van der Waals surface area contributed by atoms with Crippen molar-refractivity contribution in [1.29, 1.82) is 0 Å². The van der Waals surface area contributed by atoms with Crippen LogP contribution in [0.5, 0.6) is 17.2 Å². The number of amides is 2. The Labute approximate surface area is 136 Å². The van der Waals surface area contributed by atoms with Crippen LogP contribution in [-0.2, 0) is 4.79 Å². The highest BCUT2D eigenvalue weighted by molar-refractivity contribution is 5.98. The zero-order chi connectivity index (χ0) is 17.4. The Kier molecular flexibility index (Phi) is 7.18. The number of carbonyl (C=O) groups is 2. The second-order valence-corrected chi connectivity index (χ2v) is 4.90. The molecular formula is C16H24N2O5. The molecule has 0 fully saturated rings. The van der Waals surface area contributed by atoms with Gasteiger partial charge in [0, 0.05) is 12.1 Å². The van der Waals surface area contributed by atoms with Crippen molar-refractivity contribution in [2.75, 3.05) is 27.9 Å². The lowest BCUT2D eigenvalue weighted by atomic mass is 10.1. The molecule has 0 aromatic heterocycles. The topological polar surface area (TPSA) is 85.9 Å². The SMILES string of the molecule is CCCNC(=O)[C@@H](C)NC(=O)c1cc(OC)c(OC)c(OC)c1. The molecule has 0 radical (unpaired) electrons. The Morgan fingerprint density at radius 1 is 1.09 bits per heavy atom. The van der Waals surface area contributed by atoms with Gasteiger partial charge in [0.15, 0.2) is 11.5 Å². The lowest BCUT2D eigenvalue weighted by molar-refractivity contribution is -0.122. The van der Waals surface area contributed by atoms with Gasteiger partial charge < -0.3 is 24.8 Å². The van der Waals surface area contributed by atoms with Gasteiger partial charge in [0.1, 0.15) is 6.04 Å². The second-order valence-electron chi connectivity index (χ2n) is 4.90. The van der Waals surface area contributed by atoms with Crippen LogP contribution < -0.4 is 24.8 Å². The Morgan fingerprint density at radius 3 is 2.09 bits per heavy atom. The summed E-state index contributed by atoms with van der Waals surface area (Å²) in [6.45, 7) is 4.16. The Hall–Kier alpha value is -2.44. The zero-order valence-corrected chi connectivity index (χ0v) is 14.2. The first-order valence-electron chi connectivity index (χ1n) is 7.37. The summed E-state index contributed by atoms with van der Waals surface area (Å²) in [5.74, 6) is 0.525. The van der Waals surface area contributed by atoms with E-state index in [0.29, 0.717) is 29.4 Å². The van der Waals surface area contributed by atoms with Crippen LogP contribution in [-0.4, -0.2) is 45.7 Å². The molecule has 1 aromatic carbocycles. The van der Waals surface area contributed by atoms with Crippen LogP contribution in [0.15, 0.2) is 12.1 Å². The Balaban J connectivity index is 2.93. The molecule has 0 saturated heterocycles. The van der Waals surface area contributed by atoms with Gasteiger partial charge in [-0.1, -0.05) is 6.92 Å². The molecule has 0 bridgehead atoms. The molecule has 0 heterocycles. The van der Waals surface area contributed by atoms with Gasteiger partial charge in [0.05, 0.1) is 21.3 Å². The maximum Gasteiger partial charge on any atom is 0.252 e. The number of carbonyl (C=O) groups excluding carboxylic acids is 2. The molecule has 7 nitrogen and oxygen atoms in total. The van der Waals surface area contributed by atoms with Gasteiger partial charge in [0.2, 0.25) is 11.7 Å². The van der Waals surface area contributed by atoms with Crippen LogP contribution in [0, 0.1) is 0 Å². The Morgan fingerprint density at radius 2 is 1.65 bits per heavy atom. The fraction of sp³-hybridized carbons (Fsp3) is 0.500. The van der Waals surface area contributed by atoms with Crippen LogP contribution >= 0.6 is 0 Å². The van der Waals surface area contributed by atoms with Crippen molar-refractivity contribution in [3.05, 3.63) is 17.7 Å². The van der Waals surface area contributed by atoms with E-state index < -0.39 is 11.9 Å². The Bertz CT molecular complexity index is 534.